The second-order valence-corrected chi connectivity index (χ2v) is 7.82. The highest BCUT2D eigenvalue weighted by Gasteiger charge is 2.17. The first-order valence-corrected chi connectivity index (χ1v) is 9.25. The van der Waals surface area contributed by atoms with E-state index in [2.05, 4.69) is 10.0 Å². The molecule has 0 aliphatic carbocycles. The summed E-state index contributed by atoms with van der Waals surface area (Å²) in [5, 5.41) is 3.20. The predicted molar refractivity (Wildman–Crippen MR) is 96.0 cm³/mol. The van der Waals surface area contributed by atoms with Crippen molar-refractivity contribution < 1.29 is 13.2 Å². The third-order valence-corrected chi connectivity index (χ3v) is 5.04. The summed E-state index contributed by atoms with van der Waals surface area (Å²) in [5.74, 6) is -0.319. The van der Waals surface area contributed by atoms with Crippen molar-refractivity contribution in [1.82, 2.24) is 5.32 Å². The molecule has 5 nitrogen and oxygen atoms in total. The van der Waals surface area contributed by atoms with E-state index in [1.54, 1.807) is 24.3 Å². The van der Waals surface area contributed by atoms with Crippen LogP contribution in [-0.4, -0.2) is 20.4 Å². The largest absolute Gasteiger partial charge is 0.350 e. The van der Waals surface area contributed by atoms with Crippen molar-refractivity contribution in [2.75, 3.05) is 4.72 Å². The summed E-state index contributed by atoms with van der Waals surface area (Å²) in [5.41, 5.74) is 1.50. The molecule has 0 radical (unpaired) electrons. The molecule has 2 rings (SSSR count). The van der Waals surface area contributed by atoms with Crippen LogP contribution >= 0.6 is 11.6 Å². The maximum absolute atomic E-state index is 12.5. The Hall–Kier alpha value is -2.05. The van der Waals surface area contributed by atoms with Crippen LogP contribution in [0.25, 0.3) is 0 Å². The van der Waals surface area contributed by atoms with Gasteiger partial charge in [-0.05, 0) is 56.7 Å². The van der Waals surface area contributed by atoms with Crippen LogP contribution in [-0.2, 0) is 10.0 Å². The minimum absolute atomic E-state index is 0.00982. The van der Waals surface area contributed by atoms with E-state index in [-0.39, 0.29) is 22.4 Å². The maximum atomic E-state index is 12.5. The number of sulfonamides is 1. The Kier molecular flexibility index (Phi) is 5.51. The molecule has 1 amide bonds. The molecule has 24 heavy (non-hydrogen) atoms. The molecule has 0 saturated carbocycles. The van der Waals surface area contributed by atoms with Gasteiger partial charge < -0.3 is 5.32 Å². The zero-order chi connectivity index (χ0) is 17.9. The van der Waals surface area contributed by atoms with Gasteiger partial charge in [0.1, 0.15) is 0 Å². The number of aryl methyl sites for hydroxylation is 1. The molecule has 0 bridgehead atoms. The van der Waals surface area contributed by atoms with Crippen molar-refractivity contribution in [2.24, 2.45) is 0 Å². The van der Waals surface area contributed by atoms with E-state index in [4.69, 9.17) is 11.6 Å². The van der Waals surface area contributed by atoms with Crippen LogP contribution in [0, 0.1) is 6.92 Å². The lowest BCUT2D eigenvalue weighted by atomic mass is 10.2. The highest BCUT2D eigenvalue weighted by Crippen LogP contribution is 2.23. The van der Waals surface area contributed by atoms with E-state index >= 15 is 0 Å². The molecule has 0 heterocycles. The molecular formula is C17H19ClN2O3S. The van der Waals surface area contributed by atoms with Gasteiger partial charge in [0.05, 0.1) is 10.6 Å². The fourth-order valence-electron chi connectivity index (χ4n) is 2.02. The van der Waals surface area contributed by atoms with E-state index in [0.29, 0.717) is 10.7 Å². The number of carbonyl (C=O) groups is 1. The minimum atomic E-state index is -3.82. The average molecular weight is 367 g/mol. The molecule has 2 N–H and O–H groups in total. The van der Waals surface area contributed by atoms with E-state index in [1.165, 1.54) is 18.2 Å². The lowest BCUT2D eigenvalue weighted by Crippen LogP contribution is -2.30. The zero-order valence-corrected chi connectivity index (χ0v) is 15.2. The first kappa shape index (κ1) is 18.3. The number of benzene rings is 2. The normalized spacial score (nSPS) is 11.4. The van der Waals surface area contributed by atoms with Gasteiger partial charge in [0.15, 0.2) is 0 Å². The summed E-state index contributed by atoms with van der Waals surface area (Å²) in [6, 6.07) is 10.8. The Balaban J connectivity index is 2.29. The third kappa shape index (κ3) is 4.49. The van der Waals surface area contributed by atoms with Crippen LogP contribution in [0.2, 0.25) is 5.02 Å². The fraction of sp³-hybridized carbons (Fsp3) is 0.235. The number of hydrogen-bond donors (Lipinski definition) is 2. The summed E-state index contributed by atoms with van der Waals surface area (Å²) in [7, 11) is -3.82. The molecule has 0 unspecified atom stereocenters. The average Bonchev–Trinajstić information content (AvgIpc) is 2.50. The van der Waals surface area contributed by atoms with Crippen molar-refractivity contribution in [3.05, 3.63) is 58.6 Å². The topological polar surface area (TPSA) is 75.3 Å². The second-order valence-electron chi connectivity index (χ2n) is 5.73. The van der Waals surface area contributed by atoms with Crippen molar-refractivity contribution >= 4 is 33.2 Å². The minimum Gasteiger partial charge on any atom is -0.350 e. The quantitative estimate of drug-likeness (QED) is 0.849. The Morgan fingerprint density at radius 2 is 1.83 bits per heavy atom. The van der Waals surface area contributed by atoms with Crippen LogP contribution in [0.4, 0.5) is 5.69 Å². The number of nitrogens with one attached hydrogen (secondary N) is 2. The molecule has 0 fully saturated rings. The summed E-state index contributed by atoms with van der Waals surface area (Å²) >= 11 is 6.02. The summed E-state index contributed by atoms with van der Waals surface area (Å²) in [6.45, 7) is 5.50. The monoisotopic (exact) mass is 366 g/mol. The van der Waals surface area contributed by atoms with Gasteiger partial charge in [-0.2, -0.15) is 0 Å². The SMILES string of the molecule is Cc1ccc(NS(=O)(=O)c2cccc(C(=O)NC(C)C)c2)cc1Cl. The lowest BCUT2D eigenvalue weighted by Gasteiger charge is -2.11. The first-order chi connectivity index (χ1) is 11.2. The summed E-state index contributed by atoms with van der Waals surface area (Å²) < 4.78 is 27.5. The molecule has 128 valence electrons. The van der Waals surface area contributed by atoms with Crippen molar-refractivity contribution in [1.29, 1.82) is 0 Å². The van der Waals surface area contributed by atoms with Crippen molar-refractivity contribution in [3.8, 4) is 0 Å². The fourth-order valence-corrected chi connectivity index (χ4v) is 3.30. The Morgan fingerprint density at radius 1 is 1.12 bits per heavy atom. The summed E-state index contributed by atoms with van der Waals surface area (Å²) in [4.78, 5) is 12.0. The number of carbonyl (C=O) groups excluding carboxylic acids is 1. The smallest absolute Gasteiger partial charge is 0.261 e. The second kappa shape index (κ2) is 7.23. The molecule has 0 atom stereocenters. The molecule has 0 aromatic heterocycles. The van der Waals surface area contributed by atoms with E-state index in [0.717, 1.165) is 5.56 Å². The number of amides is 1. The molecule has 0 aliphatic rings. The zero-order valence-electron chi connectivity index (χ0n) is 13.6. The maximum Gasteiger partial charge on any atom is 0.261 e. The van der Waals surface area contributed by atoms with Gasteiger partial charge in [0, 0.05) is 16.6 Å². The predicted octanol–water partition coefficient (Wildman–Crippen LogP) is 3.59. The van der Waals surface area contributed by atoms with E-state index in [9.17, 15) is 13.2 Å². The lowest BCUT2D eigenvalue weighted by molar-refractivity contribution is 0.0943. The molecule has 0 saturated heterocycles. The Labute approximate surface area is 147 Å². The van der Waals surface area contributed by atoms with Crippen molar-refractivity contribution in [3.63, 3.8) is 0 Å². The van der Waals surface area contributed by atoms with Crippen LogP contribution in [0.15, 0.2) is 47.4 Å². The van der Waals surface area contributed by atoms with E-state index in [1.807, 2.05) is 20.8 Å². The molecule has 0 spiro atoms. The van der Waals surface area contributed by atoms with Gasteiger partial charge >= 0.3 is 0 Å². The van der Waals surface area contributed by atoms with Gasteiger partial charge in [-0.3, -0.25) is 9.52 Å². The van der Waals surface area contributed by atoms with Gasteiger partial charge in [-0.15, -0.1) is 0 Å². The Bertz CT molecular complexity index is 864. The molecular weight excluding hydrogens is 348 g/mol. The van der Waals surface area contributed by atoms with Gasteiger partial charge in [-0.1, -0.05) is 23.7 Å². The first-order valence-electron chi connectivity index (χ1n) is 7.39. The third-order valence-electron chi connectivity index (χ3n) is 3.25. The van der Waals surface area contributed by atoms with Gasteiger partial charge in [0.2, 0.25) is 0 Å². The van der Waals surface area contributed by atoms with E-state index < -0.39 is 10.0 Å². The Morgan fingerprint density at radius 3 is 2.46 bits per heavy atom. The molecule has 7 heteroatoms. The highest BCUT2D eigenvalue weighted by molar-refractivity contribution is 7.92. The number of halogens is 1. The highest BCUT2D eigenvalue weighted by atomic mass is 35.5. The number of rotatable bonds is 5. The van der Waals surface area contributed by atoms with Crippen LogP contribution in [0.3, 0.4) is 0 Å². The van der Waals surface area contributed by atoms with Crippen LogP contribution < -0.4 is 10.0 Å². The molecule has 2 aromatic rings. The standard InChI is InChI=1S/C17H19ClN2O3S/c1-11(2)19-17(21)13-5-4-6-15(9-13)24(22,23)20-14-8-7-12(3)16(18)10-14/h4-11,20H,1-3H3,(H,19,21). The summed E-state index contributed by atoms with van der Waals surface area (Å²) in [6.07, 6.45) is 0. The van der Waals surface area contributed by atoms with Gasteiger partial charge in [-0.25, -0.2) is 8.42 Å². The molecule has 0 aliphatic heterocycles. The molecule has 2 aromatic carbocycles. The number of hydrogen-bond acceptors (Lipinski definition) is 3. The van der Waals surface area contributed by atoms with Crippen LogP contribution in [0.1, 0.15) is 29.8 Å². The van der Waals surface area contributed by atoms with Crippen LogP contribution in [0.5, 0.6) is 0 Å². The van der Waals surface area contributed by atoms with Crippen molar-refractivity contribution in [2.45, 2.75) is 31.7 Å². The van der Waals surface area contributed by atoms with Gasteiger partial charge in [0.25, 0.3) is 15.9 Å². The number of anilines is 1.